The number of sulfonamides is 1. The number of hydrogen-bond acceptors (Lipinski definition) is 4. The molecule has 0 unspecified atom stereocenters. The minimum atomic E-state index is -3.63. The van der Waals surface area contributed by atoms with Crippen LogP contribution in [-0.2, 0) is 14.8 Å². The Hall–Kier alpha value is -1.63. The summed E-state index contributed by atoms with van der Waals surface area (Å²) in [5, 5.41) is 1.46. The molecule has 2 aromatic carbocycles. The minimum absolute atomic E-state index is 0.00695. The number of hydrogen-bond donors (Lipinski definition) is 1. The molecule has 0 atom stereocenters. The van der Waals surface area contributed by atoms with Crippen LogP contribution in [0.3, 0.4) is 0 Å². The van der Waals surface area contributed by atoms with E-state index in [1.54, 1.807) is 19.2 Å². The first-order chi connectivity index (χ1) is 14.0. The summed E-state index contributed by atoms with van der Waals surface area (Å²) >= 11 is 0. The number of fused-ring (bicyclic) bond motifs is 1. The lowest BCUT2D eigenvalue weighted by molar-refractivity contribution is -0.160. The van der Waals surface area contributed by atoms with Crippen LogP contribution >= 0.6 is 0 Å². The quantitative estimate of drug-likeness (QED) is 0.691. The molecule has 4 fully saturated rings. The predicted molar refractivity (Wildman–Crippen MR) is 113 cm³/mol. The van der Waals surface area contributed by atoms with Gasteiger partial charge in [0.15, 0.2) is 0 Å². The first kappa shape index (κ1) is 19.3. The van der Waals surface area contributed by atoms with Gasteiger partial charge in [-0.2, -0.15) is 0 Å². The van der Waals surface area contributed by atoms with E-state index in [0.29, 0.717) is 24.3 Å². The van der Waals surface area contributed by atoms with Gasteiger partial charge in [-0.1, -0.05) is 24.3 Å². The molecule has 0 spiro atoms. The smallest absolute Gasteiger partial charge is 0.241 e. The fourth-order valence-corrected chi connectivity index (χ4v) is 7.61. The molecule has 0 aliphatic heterocycles. The van der Waals surface area contributed by atoms with Crippen LogP contribution in [0, 0.1) is 17.8 Å². The Morgan fingerprint density at radius 3 is 2.21 bits per heavy atom. The molecule has 0 heterocycles. The van der Waals surface area contributed by atoms with Gasteiger partial charge in [0.25, 0.3) is 0 Å². The van der Waals surface area contributed by atoms with Crippen molar-refractivity contribution >= 4 is 20.8 Å². The van der Waals surface area contributed by atoms with Crippen molar-refractivity contribution in [3.63, 3.8) is 0 Å². The van der Waals surface area contributed by atoms with Gasteiger partial charge in [-0.3, -0.25) is 0 Å². The van der Waals surface area contributed by atoms with Gasteiger partial charge < -0.3 is 9.47 Å². The van der Waals surface area contributed by atoms with Crippen molar-refractivity contribution in [1.82, 2.24) is 4.72 Å². The van der Waals surface area contributed by atoms with Crippen molar-refractivity contribution in [3.05, 3.63) is 36.4 Å². The summed E-state index contributed by atoms with van der Waals surface area (Å²) in [7, 11) is -2.03. The second kappa shape index (κ2) is 7.25. The molecule has 4 saturated carbocycles. The molecule has 5 nitrogen and oxygen atoms in total. The Kier molecular flexibility index (Phi) is 4.84. The Labute approximate surface area is 172 Å². The average Bonchev–Trinajstić information content (AvgIpc) is 2.69. The Bertz CT molecular complexity index is 981. The maximum Gasteiger partial charge on any atom is 0.241 e. The summed E-state index contributed by atoms with van der Waals surface area (Å²) in [5.41, 5.74) is 0.00695. The fourth-order valence-electron chi connectivity index (χ4n) is 6.39. The molecule has 156 valence electrons. The Morgan fingerprint density at radius 2 is 1.59 bits per heavy atom. The van der Waals surface area contributed by atoms with Gasteiger partial charge in [-0.05, 0) is 68.4 Å². The number of ether oxygens (including phenoxy) is 2. The molecule has 4 aliphatic rings. The normalized spacial score (nSPS) is 30.7. The lowest BCUT2D eigenvalue weighted by atomic mass is 9.54. The summed E-state index contributed by atoms with van der Waals surface area (Å²) < 4.78 is 40.4. The van der Waals surface area contributed by atoms with Crippen LogP contribution < -0.4 is 9.46 Å². The third kappa shape index (κ3) is 3.56. The standard InChI is InChI=1S/C23H29NO4S/c1-27-21-6-7-22(20-5-3-2-4-19(20)21)29(25,26)24-8-9-28-23-13-16-10-17(14-23)12-18(11-16)15-23/h2-7,16-18,24H,8-15H2,1H3. The van der Waals surface area contributed by atoms with E-state index in [1.807, 2.05) is 24.3 Å². The molecule has 0 amide bonds. The van der Waals surface area contributed by atoms with Gasteiger partial charge in [0.2, 0.25) is 10.0 Å². The summed E-state index contributed by atoms with van der Waals surface area (Å²) in [5.74, 6) is 3.14. The van der Waals surface area contributed by atoms with Crippen LogP contribution in [0.15, 0.2) is 41.3 Å². The zero-order chi connectivity index (χ0) is 20.1. The van der Waals surface area contributed by atoms with E-state index in [4.69, 9.17) is 9.47 Å². The van der Waals surface area contributed by atoms with Crippen molar-refractivity contribution < 1.29 is 17.9 Å². The Balaban J connectivity index is 1.26. The van der Waals surface area contributed by atoms with E-state index in [0.717, 1.165) is 42.4 Å². The van der Waals surface area contributed by atoms with E-state index in [-0.39, 0.29) is 10.5 Å². The topological polar surface area (TPSA) is 64.6 Å². The van der Waals surface area contributed by atoms with Crippen LogP contribution in [0.4, 0.5) is 0 Å². The van der Waals surface area contributed by atoms with E-state index >= 15 is 0 Å². The largest absolute Gasteiger partial charge is 0.496 e. The number of rotatable bonds is 7. The average molecular weight is 416 g/mol. The zero-order valence-corrected chi connectivity index (χ0v) is 17.7. The van der Waals surface area contributed by atoms with Crippen molar-refractivity contribution in [3.8, 4) is 5.75 Å². The van der Waals surface area contributed by atoms with Crippen LogP contribution in [-0.4, -0.2) is 34.3 Å². The van der Waals surface area contributed by atoms with Gasteiger partial charge in [-0.15, -0.1) is 0 Å². The number of nitrogens with one attached hydrogen (secondary N) is 1. The van der Waals surface area contributed by atoms with Crippen LogP contribution in [0.5, 0.6) is 5.75 Å². The molecule has 1 N–H and O–H groups in total. The fraction of sp³-hybridized carbons (Fsp3) is 0.565. The third-order valence-electron chi connectivity index (χ3n) is 7.14. The molecule has 29 heavy (non-hydrogen) atoms. The van der Waals surface area contributed by atoms with Crippen LogP contribution in [0.25, 0.3) is 10.8 Å². The molecule has 0 saturated heterocycles. The molecule has 6 heteroatoms. The highest BCUT2D eigenvalue weighted by atomic mass is 32.2. The monoisotopic (exact) mass is 415 g/mol. The predicted octanol–water partition coefficient (Wildman–Crippen LogP) is 4.11. The highest BCUT2D eigenvalue weighted by Gasteiger charge is 2.51. The second-order valence-electron chi connectivity index (χ2n) is 9.16. The lowest BCUT2D eigenvalue weighted by Crippen LogP contribution is -2.52. The number of methoxy groups -OCH3 is 1. The van der Waals surface area contributed by atoms with E-state index < -0.39 is 10.0 Å². The van der Waals surface area contributed by atoms with E-state index in [9.17, 15) is 8.42 Å². The lowest BCUT2D eigenvalue weighted by Gasteiger charge is -2.56. The maximum absolute atomic E-state index is 13.0. The second-order valence-corrected chi connectivity index (χ2v) is 10.9. The van der Waals surface area contributed by atoms with Crippen molar-refractivity contribution in [2.24, 2.45) is 17.8 Å². The zero-order valence-electron chi connectivity index (χ0n) is 16.9. The van der Waals surface area contributed by atoms with Gasteiger partial charge in [0.05, 0.1) is 24.2 Å². The van der Waals surface area contributed by atoms with Crippen molar-refractivity contribution in [2.75, 3.05) is 20.3 Å². The molecule has 0 radical (unpaired) electrons. The Morgan fingerprint density at radius 1 is 0.966 bits per heavy atom. The molecular formula is C23H29NO4S. The highest BCUT2D eigenvalue weighted by Crippen LogP contribution is 2.57. The van der Waals surface area contributed by atoms with Gasteiger partial charge in [0, 0.05) is 17.3 Å². The van der Waals surface area contributed by atoms with Gasteiger partial charge in [-0.25, -0.2) is 13.1 Å². The summed E-state index contributed by atoms with van der Waals surface area (Å²) in [6.45, 7) is 0.726. The van der Waals surface area contributed by atoms with Crippen LogP contribution in [0.2, 0.25) is 0 Å². The highest BCUT2D eigenvalue weighted by molar-refractivity contribution is 7.89. The van der Waals surface area contributed by atoms with E-state index in [1.165, 1.54) is 19.3 Å². The van der Waals surface area contributed by atoms with Crippen molar-refractivity contribution in [1.29, 1.82) is 0 Å². The molecule has 4 aliphatic carbocycles. The molecule has 0 aromatic heterocycles. The van der Waals surface area contributed by atoms with Gasteiger partial charge >= 0.3 is 0 Å². The third-order valence-corrected chi connectivity index (χ3v) is 8.66. The molecule has 4 bridgehead atoms. The van der Waals surface area contributed by atoms with Gasteiger partial charge in [0.1, 0.15) is 5.75 Å². The van der Waals surface area contributed by atoms with Crippen LogP contribution in [0.1, 0.15) is 38.5 Å². The number of benzene rings is 2. The first-order valence-corrected chi connectivity index (χ1v) is 12.2. The summed E-state index contributed by atoms with van der Waals surface area (Å²) in [4.78, 5) is 0.281. The summed E-state index contributed by atoms with van der Waals surface area (Å²) in [6, 6.07) is 10.7. The van der Waals surface area contributed by atoms with E-state index in [2.05, 4.69) is 4.72 Å². The first-order valence-electron chi connectivity index (χ1n) is 10.7. The molecule has 6 rings (SSSR count). The minimum Gasteiger partial charge on any atom is -0.496 e. The summed E-state index contributed by atoms with van der Waals surface area (Å²) in [6.07, 6.45) is 7.61. The SMILES string of the molecule is COc1ccc(S(=O)(=O)NCCOC23CC4CC(CC(C4)C2)C3)c2ccccc12. The van der Waals surface area contributed by atoms with Crippen molar-refractivity contribution in [2.45, 2.75) is 49.0 Å². The molecular weight excluding hydrogens is 386 g/mol. The maximum atomic E-state index is 13.0. The molecule has 2 aromatic rings.